The van der Waals surface area contributed by atoms with Gasteiger partial charge in [-0.05, 0) is 32.3 Å². The van der Waals surface area contributed by atoms with Crippen LogP contribution in [0.5, 0.6) is 0 Å². The molecule has 4 aromatic carbocycles. The fraction of sp³-hybridized carbons (Fsp3) is 0. The Morgan fingerprint density at radius 2 is 0.875 bits per heavy atom. The number of hydrogen-bond donors (Lipinski definition) is 2. The van der Waals surface area contributed by atoms with Crippen molar-refractivity contribution < 1.29 is 19.8 Å². The summed E-state index contributed by atoms with van der Waals surface area (Å²) in [5, 5.41) is 23.8. The molecule has 0 amide bonds. The van der Waals surface area contributed by atoms with Gasteiger partial charge in [-0.2, -0.15) is 0 Å². The highest BCUT2D eigenvalue weighted by atomic mass is 16.4. The van der Waals surface area contributed by atoms with E-state index in [0.29, 0.717) is 12.2 Å². The van der Waals surface area contributed by atoms with E-state index in [1.54, 1.807) is 0 Å². The van der Waals surface area contributed by atoms with Gasteiger partial charge in [0, 0.05) is 12.2 Å². The van der Waals surface area contributed by atoms with E-state index >= 15 is 0 Å². The predicted molar refractivity (Wildman–Crippen MR) is 94.6 cm³/mol. The summed E-state index contributed by atoms with van der Waals surface area (Å²) in [7, 11) is 0. The van der Waals surface area contributed by atoms with Gasteiger partial charge in [0.05, 0.1) is 0 Å². The standard InChI is InChI=1S/C16H10.C4H4O4/c1-3-11-7-9-13-5-2-6-14-10-8-12(4-1)15(11)16(13)14;5-3(6)1-2-4(7)8/h1-10H;1-2H,(H,5,6)(H,7,8). The van der Waals surface area contributed by atoms with E-state index in [1.165, 1.54) is 32.3 Å². The van der Waals surface area contributed by atoms with Gasteiger partial charge in [-0.15, -0.1) is 0 Å². The highest BCUT2D eigenvalue weighted by Crippen LogP contribution is 2.33. The molecule has 4 aromatic rings. The van der Waals surface area contributed by atoms with Crippen LogP contribution in [-0.2, 0) is 9.59 Å². The van der Waals surface area contributed by atoms with Crippen LogP contribution in [0.4, 0.5) is 0 Å². The van der Waals surface area contributed by atoms with Gasteiger partial charge in [0.15, 0.2) is 0 Å². The Labute approximate surface area is 137 Å². The first kappa shape index (κ1) is 15.5. The van der Waals surface area contributed by atoms with Crippen LogP contribution in [0.15, 0.2) is 72.8 Å². The first-order valence-corrected chi connectivity index (χ1v) is 7.33. The molecule has 2 N–H and O–H groups in total. The second kappa shape index (κ2) is 6.38. The maximum absolute atomic E-state index is 9.55. The van der Waals surface area contributed by atoms with Crippen LogP contribution in [0.1, 0.15) is 0 Å². The summed E-state index contributed by atoms with van der Waals surface area (Å²) in [6, 6.07) is 21.9. The lowest BCUT2D eigenvalue weighted by atomic mass is 9.95. The SMILES string of the molecule is O=C(O)C=CC(=O)O.c1cc2ccc3cccc4ccc(c1)c2c34. The van der Waals surface area contributed by atoms with E-state index < -0.39 is 11.9 Å². The van der Waals surface area contributed by atoms with Crippen molar-refractivity contribution in [2.24, 2.45) is 0 Å². The monoisotopic (exact) mass is 318 g/mol. The zero-order valence-corrected chi connectivity index (χ0v) is 12.6. The first-order chi connectivity index (χ1) is 11.6. The van der Waals surface area contributed by atoms with Gasteiger partial charge in [0.25, 0.3) is 0 Å². The number of hydrogen-bond acceptors (Lipinski definition) is 2. The van der Waals surface area contributed by atoms with Gasteiger partial charge in [-0.1, -0.05) is 60.7 Å². The van der Waals surface area contributed by atoms with Gasteiger partial charge in [0.1, 0.15) is 0 Å². The van der Waals surface area contributed by atoms with Crippen molar-refractivity contribution in [3.8, 4) is 0 Å². The summed E-state index contributed by atoms with van der Waals surface area (Å²) >= 11 is 0. The normalized spacial score (nSPS) is 11.0. The summed E-state index contributed by atoms with van der Waals surface area (Å²) in [4.78, 5) is 19.1. The van der Waals surface area contributed by atoms with Crippen LogP contribution in [0, 0.1) is 0 Å². The van der Waals surface area contributed by atoms with Crippen LogP contribution in [-0.4, -0.2) is 22.2 Å². The van der Waals surface area contributed by atoms with E-state index in [-0.39, 0.29) is 0 Å². The molecule has 0 heterocycles. The lowest BCUT2D eigenvalue weighted by Gasteiger charge is -2.09. The molecule has 118 valence electrons. The van der Waals surface area contributed by atoms with E-state index in [9.17, 15) is 9.59 Å². The summed E-state index contributed by atoms with van der Waals surface area (Å²) in [5.41, 5.74) is 0. The molecule has 0 aliphatic rings. The van der Waals surface area contributed by atoms with Crippen molar-refractivity contribution >= 4 is 44.3 Å². The Morgan fingerprint density at radius 3 is 1.12 bits per heavy atom. The number of carboxylic acids is 2. The third kappa shape index (κ3) is 3.03. The number of carbonyl (C=O) groups is 2. The summed E-state index contributed by atoms with van der Waals surface area (Å²) in [5.74, 6) is -2.51. The summed E-state index contributed by atoms with van der Waals surface area (Å²) in [6.07, 6.45) is 1.12. The molecule has 0 atom stereocenters. The molecule has 4 heteroatoms. The maximum atomic E-state index is 9.55. The van der Waals surface area contributed by atoms with Gasteiger partial charge in [0.2, 0.25) is 0 Å². The molecule has 0 aromatic heterocycles. The minimum atomic E-state index is -1.26. The molecule has 4 rings (SSSR count). The Kier molecular flexibility index (Phi) is 4.12. The van der Waals surface area contributed by atoms with E-state index in [1.807, 2.05) is 0 Å². The smallest absolute Gasteiger partial charge is 0.328 e. The van der Waals surface area contributed by atoms with Crippen LogP contribution in [0.3, 0.4) is 0 Å². The quantitative estimate of drug-likeness (QED) is 0.427. The van der Waals surface area contributed by atoms with Gasteiger partial charge in [-0.25, -0.2) is 9.59 Å². The second-order valence-corrected chi connectivity index (χ2v) is 5.30. The molecule has 4 nitrogen and oxygen atoms in total. The van der Waals surface area contributed by atoms with Gasteiger partial charge < -0.3 is 10.2 Å². The largest absolute Gasteiger partial charge is 0.478 e. The minimum absolute atomic E-state index is 0.558. The zero-order valence-electron chi connectivity index (χ0n) is 12.6. The fourth-order valence-electron chi connectivity index (χ4n) is 2.81. The topological polar surface area (TPSA) is 74.6 Å². The van der Waals surface area contributed by atoms with Crippen molar-refractivity contribution in [1.29, 1.82) is 0 Å². The number of carboxylic acid groups (broad SMARTS) is 2. The Bertz CT molecular complexity index is 917. The second-order valence-electron chi connectivity index (χ2n) is 5.30. The molecule has 0 spiro atoms. The summed E-state index contributed by atoms with van der Waals surface area (Å²) < 4.78 is 0. The lowest BCUT2D eigenvalue weighted by molar-refractivity contribution is -0.134. The Balaban J connectivity index is 0.000000183. The lowest BCUT2D eigenvalue weighted by Crippen LogP contribution is -1.91. The number of rotatable bonds is 2. The third-order valence-corrected chi connectivity index (χ3v) is 3.76. The fourth-order valence-corrected chi connectivity index (χ4v) is 2.81. The molecule has 24 heavy (non-hydrogen) atoms. The zero-order chi connectivity index (χ0) is 17.1. The van der Waals surface area contributed by atoms with E-state index in [4.69, 9.17) is 10.2 Å². The van der Waals surface area contributed by atoms with Gasteiger partial charge >= 0.3 is 11.9 Å². The minimum Gasteiger partial charge on any atom is -0.478 e. The molecular weight excluding hydrogens is 304 g/mol. The van der Waals surface area contributed by atoms with Crippen LogP contribution in [0.2, 0.25) is 0 Å². The highest BCUT2D eigenvalue weighted by Gasteiger charge is 2.05. The van der Waals surface area contributed by atoms with Crippen LogP contribution < -0.4 is 0 Å². The molecular formula is C20H14O4. The van der Waals surface area contributed by atoms with Crippen LogP contribution in [0.25, 0.3) is 32.3 Å². The Hall–Kier alpha value is -3.40. The number of benzene rings is 4. The number of aliphatic carboxylic acids is 2. The average Bonchev–Trinajstić information content (AvgIpc) is 2.59. The van der Waals surface area contributed by atoms with Crippen molar-refractivity contribution in [3.63, 3.8) is 0 Å². The molecule has 0 unspecified atom stereocenters. The van der Waals surface area contributed by atoms with Gasteiger partial charge in [-0.3, -0.25) is 0 Å². The third-order valence-electron chi connectivity index (χ3n) is 3.76. The average molecular weight is 318 g/mol. The molecule has 0 saturated carbocycles. The molecule has 0 bridgehead atoms. The van der Waals surface area contributed by atoms with Crippen molar-refractivity contribution in [2.75, 3.05) is 0 Å². The molecule has 0 aliphatic carbocycles. The van der Waals surface area contributed by atoms with E-state index in [0.717, 1.165) is 0 Å². The molecule has 0 fully saturated rings. The Morgan fingerprint density at radius 1 is 0.583 bits per heavy atom. The van der Waals surface area contributed by atoms with Crippen LogP contribution >= 0.6 is 0 Å². The molecule has 0 radical (unpaired) electrons. The maximum Gasteiger partial charge on any atom is 0.328 e. The van der Waals surface area contributed by atoms with Crippen molar-refractivity contribution in [2.45, 2.75) is 0 Å². The first-order valence-electron chi connectivity index (χ1n) is 7.33. The van der Waals surface area contributed by atoms with Crippen molar-refractivity contribution in [1.82, 2.24) is 0 Å². The molecule has 0 aliphatic heterocycles. The van der Waals surface area contributed by atoms with E-state index in [2.05, 4.69) is 60.7 Å². The highest BCUT2D eigenvalue weighted by molar-refractivity contribution is 6.22. The summed E-state index contributed by atoms with van der Waals surface area (Å²) in [6.45, 7) is 0. The van der Waals surface area contributed by atoms with Crippen molar-refractivity contribution in [3.05, 3.63) is 72.8 Å². The predicted octanol–water partition coefficient (Wildman–Crippen LogP) is 4.30. The molecule has 0 saturated heterocycles.